The van der Waals surface area contributed by atoms with Crippen molar-refractivity contribution in [3.63, 3.8) is 0 Å². The first-order valence-electron chi connectivity index (χ1n) is 25.6. The number of ketones is 1. The molecular weight excluding hydrogens is 1020 g/mol. The van der Waals surface area contributed by atoms with Gasteiger partial charge in [-0.2, -0.15) is 9.97 Å². The van der Waals surface area contributed by atoms with Crippen molar-refractivity contribution in [2.45, 2.75) is 57.4 Å². The molecule has 4 heterocycles. The molecule has 6 aromatic rings. The standard InChI is InChI=1S/C28H36ClN6OP.C26H29ClN5O2P.C2H7N/c1-34(2)21-13-15-28(16-14-21)18-35(19-28)22-11-9-20(10-12-22)31-27-30-17-23(29)26(33-27)32-24-7-5-6-8-25(24)37(3,4)36;1-35(2,34)23-6-4-3-5-22(23)30-24-21(27)15-28-25(31-24)29-18-7-9-19(10-8-18)32-16-26(17-32)13-11-20(33)12-14-26;1-3-2/h5-12,17,21H,13-16,18-19H2,1-4H3,(H2,30,31,32,33);3-10,15H,11-14,16-17H2,1-2H3,(H2,28,29,30,31);3H,1-2H3. The van der Waals surface area contributed by atoms with Gasteiger partial charge in [-0.3, -0.25) is 4.79 Å². The highest BCUT2D eigenvalue weighted by Gasteiger charge is 2.46. The number of rotatable bonds is 13. The maximum Gasteiger partial charge on any atom is 0.229 e. The van der Waals surface area contributed by atoms with Gasteiger partial charge in [0.05, 0.1) is 23.8 Å². The Balaban J connectivity index is 0.000000190. The van der Waals surface area contributed by atoms with Crippen LogP contribution in [-0.2, 0) is 13.9 Å². The number of aromatic nitrogens is 4. The zero-order chi connectivity index (χ0) is 53.5. The van der Waals surface area contributed by atoms with Crippen LogP contribution in [0.15, 0.2) is 109 Å². The van der Waals surface area contributed by atoms with Gasteiger partial charge in [0, 0.05) is 89.3 Å². The Morgan fingerprint density at radius 2 is 0.947 bits per heavy atom. The van der Waals surface area contributed by atoms with Crippen molar-refractivity contribution in [1.82, 2.24) is 30.2 Å². The Bertz CT molecular complexity index is 3010. The van der Waals surface area contributed by atoms with Gasteiger partial charge in [0.1, 0.15) is 30.1 Å². The molecule has 15 nitrogen and oxygen atoms in total. The molecule has 0 bridgehead atoms. The predicted octanol–water partition coefficient (Wildman–Crippen LogP) is 11.8. The maximum absolute atomic E-state index is 12.7. The van der Waals surface area contributed by atoms with Crippen LogP contribution in [0, 0.1) is 10.8 Å². The van der Waals surface area contributed by atoms with Crippen LogP contribution < -0.4 is 47.0 Å². The second kappa shape index (κ2) is 23.8. The fourth-order valence-corrected chi connectivity index (χ4v) is 13.1. The molecule has 2 aliphatic heterocycles. The first kappa shape index (κ1) is 55.7. The molecule has 2 aromatic heterocycles. The van der Waals surface area contributed by atoms with Crippen LogP contribution in [0.1, 0.15) is 51.4 Å². The van der Waals surface area contributed by atoms with Crippen molar-refractivity contribution in [1.29, 1.82) is 0 Å². The number of halogens is 2. The van der Waals surface area contributed by atoms with Gasteiger partial charge < -0.3 is 50.4 Å². The topological polar surface area (TPSA) is 173 Å². The zero-order valence-corrected chi connectivity index (χ0v) is 47.8. The third kappa shape index (κ3) is 14.1. The molecule has 398 valence electrons. The molecule has 2 spiro atoms. The molecule has 4 aliphatic rings. The molecule has 2 aliphatic carbocycles. The summed E-state index contributed by atoms with van der Waals surface area (Å²) < 4.78 is 25.4. The number of carbonyl (C=O) groups excluding carboxylic acids is 1. The van der Waals surface area contributed by atoms with Crippen LogP contribution in [0.2, 0.25) is 10.0 Å². The van der Waals surface area contributed by atoms with Gasteiger partial charge in [0.15, 0.2) is 11.6 Å². The average molecular weight is 1090 g/mol. The van der Waals surface area contributed by atoms with E-state index in [0.29, 0.717) is 55.9 Å². The van der Waals surface area contributed by atoms with Crippen LogP contribution in [0.25, 0.3) is 0 Å². The van der Waals surface area contributed by atoms with Crippen LogP contribution >= 0.6 is 37.5 Å². The molecule has 19 heteroatoms. The first-order valence-corrected chi connectivity index (χ1v) is 31.6. The largest absolute Gasteiger partial charge is 0.370 e. The fraction of sp³-hybridized carbons (Fsp3) is 0.411. The van der Waals surface area contributed by atoms with Gasteiger partial charge in [-0.25, -0.2) is 9.97 Å². The number of hydrogen-bond donors (Lipinski definition) is 5. The summed E-state index contributed by atoms with van der Waals surface area (Å²) in [4.78, 5) is 36.6. The lowest BCUT2D eigenvalue weighted by atomic mass is 9.67. The van der Waals surface area contributed by atoms with Crippen molar-refractivity contribution in [3.8, 4) is 0 Å². The second-order valence-corrected chi connectivity index (χ2v) is 28.7. The van der Waals surface area contributed by atoms with Crippen molar-refractivity contribution in [3.05, 3.63) is 120 Å². The minimum Gasteiger partial charge on any atom is -0.370 e. The number of nitrogens with one attached hydrogen (secondary N) is 5. The number of benzene rings is 4. The molecule has 5 N–H and O–H groups in total. The third-order valence-corrected chi connectivity index (χ3v) is 18.3. The van der Waals surface area contributed by atoms with Gasteiger partial charge in [-0.15, -0.1) is 0 Å². The van der Waals surface area contributed by atoms with Crippen LogP contribution in [0.3, 0.4) is 0 Å². The number of hydrogen-bond acceptors (Lipinski definition) is 15. The number of carbonyl (C=O) groups is 1. The van der Waals surface area contributed by atoms with Gasteiger partial charge in [-0.05, 0) is 166 Å². The smallest absolute Gasteiger partial charge is 0.229 e. The zero-order valence-electron chi connectivity index (χ0n) is 44.5. The Labute approximate surface area is 453 Å². The van der Waals surface area contributed by atoms with Crippen LogP contribution in [0.4, 0.5) is 57.7 Å². The highest BCUT2D eigenvalue weighted by molar-refractivity contribution is 7.70. The minimum atomic E-state index is -2.48. The van der Waals surface area contributed by atoms with E-state index >= 15 is 0 Å². The molecule has 2 saturated heterocycles. The van der Waals surface area contributed by atoms with Crippen molar-refractivity contribution >= 4 is 112 Å². The number of anilines is 10. The van der Waals surface area contributed by atoms with E-state index in [9.17, 15) is 13.9 Å². The second-order valence-electron chi connectivity index (χ2n) is 21.6. The number of para-hydroxylation sites is 2. The van der Waals surface area contributed by atoms with Crippen molar-refractivity contribution in [2.75, 3.05) is 112 Å². The van der Waals surface area contributed by atoms with Crippen LogP contribution in [-0.4, -0.2) is 118 Å². The molecular formula is C56H72Cl2N12O3P2. The monoisotopic (exact) mass is 1090 g/mol. The summed E-state index contributed by atoms with van der Waals surface area (Å²) in [5.41, 5.74) is 6.49. The lowest BCUT2D eigenvalue weighted by Crippen LogP contribution is -2.58. The summed E-state index contributed by atoms with van der Waals surface area (Å²) in [6.07, 6.45) is 11.9. The molecule has 10 rings (SSSR count). The Kier molecular flexibility index (Phi) is 17.7. The van der Waals surface area contributed by atoms with E-state index in [2.05, 4.69) is 112 Å². The molecule has 4 aromatic carbocycles. The van der Waals surface area contributed by atoms with Crippen molar-refractivity contribution in [2.24, 2.45) is 10.8 Å². The van der Waals surface area contributed by atoms with E-state index in [1.807, 2.05) is 74.8 Å². The first-order chi connectivity index (χ1) is 35.7. The van der Waals surface area contributed by atoms with Gasteiger partial charge >= 0.3 is 0 Å². The lowest BCUT2D eigenvalue weighted by Gasteiger charge is -2.55. The summed E-state index contributed by atoms with van der Waals surface area (Å²) in [5, 5.41) is 18.0. The minimum absolute atomic E-state index is 0.327. The molecule has 75 heavy (non-hydrogen) atoms. The number of nitrogens with zero attached hydrogens (tertiary/aromatic N) is 7. The fourth-order valence-electron chi connectivity index (χ4n) is 10.5. The lowest BCUT2D eigenvalue weighted by molar-refractivity contribution is -0.122. The van der Waals surface area contributed by atoms with E-state index in [0.717, 1.165) is 85.6 Å². The summed E-state index contributed by atoms with van der Waals surface area (Å²) in [7, 11) is 3.20. The SMILES string of the molecule is CN(C)C1CCC2(CC1)CN(c1ccc(Nc3ncc(Cl)c(Nc4ccccc4P(C)(C)=O)n3)cc1)C2.CNC.CP(C)(=O)c1ccccc1Nc1nc(Nc2ccc(N3CC4(CCC(=O)CC4)C3)cc2)ncc1Cl. The van der Waals surface area contributed by atoms with E-state index in [1.165, 1.54) is 37.1 Å². The number of Topliss-reactive ketones (excluding diaryl/α,β-unsaturated/α-hetero) is 1. The Hall–Kier alpha value is -5.53. The third-order valence-electron chi connectivity index (χ3n) is 14.7. The van der Waals surface area contributed by atoms with E-state index < -0.39 is 14.3 Å². The summed E-state index contributed by atoms with van der Waals surface area (Å²) in [6, 6.07) is 32.4. The molecule has 0 unspecified atom stereocenters. The summed E-state index contributed by atoms with van der Waals surface area (Å²) in [5.74, 6) is 2.17. The quantitative estimate of drug-likeness (QED) is 0.0691. The molecule has 0 amide bonds. The van der Waals surface area contributed by atoms with Gasteiger partial charge in [0.25, 0.3) is 0 Å². The van der Waals surface area contributed by atoms with Gasteiger partial charge in [0.2, 0.25) is 11.9 Å². The average Bonchev–Trinajstić information content (AvgIpc) is 3.36. The normalized spacial score (nSPS) is 17.0. The van der Waals surface area contributed by atoms with E-state index in [1.54, 1.807) is 39.1 Å². The van der Waals surface area contributed by atoms with Crippen LogP contribution in [0.5, 0.6) is 0 Å². The molecule has 0 radical (unpaired) electrons. The van der Waals surface area contributed by atoms with E-state index in [-0.39, 0.29) is 0 Å². The summed E-state index contributed by atoms with van der Waals surface area (Å²) in [6.45, 7) is 11.3. The van der Waals surface area contributed by atoms with Gasteiger partial charge in [-0.1, -0.05) is 47.5 Å². The molecule has 4 fully saturated rings. The Morgan fingerprint density at radius 1 is 0.573 bits per heavy atom. The Morgan fingerprint density at radius 3 is 1.32 bits per heavy atom. The van der Waals surface area contributed by atoms with E-state index in [4.69, 9.17) is 23.2 Å². The summed E-state index contributed by atoms with van der Waals surface area (Å²) >= 11 is 12.7. The predicted molar refractivity (Wildman–Crippen MR) is 315 cm³/mol. The maximum atomic E-state index is 12.7. The molecule has 0 atom stereocenters. The highest BCUT2D eigenvalue weighted by atomic mass is 35.5. The van der Waals surface area contributed by atoms with Crippen molar-refractivity contribution < 1.29 is 13.9 Å². The highest BCUT2D eigenvalue weighted by Crippen LogP contribution is 2.47. The molecule has 2 saturated carbocycles.